The van der Waals surface area contributed by atoms with Gasteiger partial charge in [0, 0.05) is 13.2 Å². The number of alkyl halides is 3. The van der Waals surface area contributed by atoms with Crippen LogP contribution in [0.5, 0.6) is 0 Å². The number of hydrogen-bond acceptors (Lipinski definition) is 4. The fourth-order valence-electron chi connectivity index (χ4n) is 2.04. The summed E-state index contributed by atoms with van der Waals surface area (Å²) in [6, 6.07) is 3.83. The Morgan fingerprint density at radius 3 is 2.50 bits per heavy atom. The van der Waals surface area contributed by atoms with Crippen LogP contribution in [0, 0.1) is 0 Å². The number of carbonyl (C=O) groups is 1. The summed E-state index contributed by atoms with van der Waals surface area (Å²) in [6.45, 7) is 3.84. The summed E-state index contributed by atoms with van der Waals surface area (Å²) in [4.78, 5) is 12.0. The lowest BCUT2D eigenvalue weighted by Crippen LogP contribution is -2.40. The van der Waals surface area contributed by atoms with Gasteiger partial charge in [0.25, 0.3) is 0 Å². The van der Waals surface area contributed by atoms with E-state index in [1.165, 1.54) is 6.07 Å². The van der Waals surface area contributed by atoms with Crippen LogP contribution >= 0.6 is 0 Å². The number of carbonyl (C=O) groups excluding carboxylic acids is 1. The van der Waals surface area contributed by atoms with Crippen molar-refractivity contribution >= 4 is 21.6 Å². The number of amides is 1. The Kier molecular flexibility index (Phi) is 7.88. The first-order valence-electron chi connectivity index (χ1n) is 7.94. The highest BCUT2D eigenvalue weighted by atomic mass is 32.2. The third kappa shape index (κ3) is 7.61. The van der Waals surface area contributed by atoms with Gasteiger partial charge in [-0.2, -0.15) is 13.2 Å². The van der Waals surface area contributed by atoms with Crippen molar-refractivity contribution in [2.45, 2.75) is 32.5 Å². The Bertz CT molecular complexity index is 706. The lowest BCUT2D eigenvalue weighted by Gasteiger charge is -2.22. The quantitative estimate of drug-likeness (QED) is 0.651. The van der Waals surface area contributed by atoms with Crippen molar-refractivity contribution in [1.82, 2.24) is 5.32 Å². The number of benzene rings is 1. The van der Waals surface area contributed by atoms with Gasteiger partial charge in [-0.3, -0.25) is 9.10 Å². The highest BCUT2D eigenvalue weighted by molar-refractivity contribution is 7.92. The number of nitrogens with zero attached hydrogens (tertiary/aromatic N) is 1. The summed E-state index contributed by atoms with van der Waals surface area (Å²) in [5.41, 5.74) is -1.21. The maximum Gasteiger partial charge on any atom is 0.416 e. The summed E-state index contributed by atoms with van der Waals surface area (Å²) in [7, 11) is -3.94. The zero-order valence-electron chi connectivity index (χ0n) is 14.8. The molecular weight excluding hydrogens is 373 g/mol. The van der Waals surface area contributed by atoms with Gasteiger partial charge >= 0.3 is 6.18 Å². The Labute approximate surface area is 151 Å². The highest BCUT2D eigenvalue weighted by Gasteiger charge is 2.31. The molecule has 1 rings (SSSR count). The fourth-order valence-corrected chi connectivity index (χ4v) is 2.89. The topological polar surface area (TPSA) is 75.7 Å². The van der Waals surface area contributed by atoms with E-state index in [0.717, 1.165) is 18.4 Å². The van der Waals surface area contributed by atoms with Crippen molar-refractivity contribution in [2.75, 3.05) is 30.3 Å². The number of nitrogens with one attached hydrogen (secondary N) is 1. The van der Waals surface area contributed by atoms with E-state index >= 15 is 0 Å². The highest BCUT2D eigenvalue weighted by Crippen LogP contribution is 2.32. The average Bonchev–Trinajstić information content (AvgIpc) is 2.50. The lowest BCUT2D eigenvalue weighted by molar-refractivity contribution is -0.137. The van der Waals surface area contributed by atoms with E-state index in [1.807, 2.05) is 13.8 Å². The van der Waals surface area contributed by atoms with Crippen molar-refractivity contribution in [3.8, 4) is 0 Å². The van der Waals surface area contributed by atoms with Crippen molar-refractivity contribution in [3.63, 3.8) is 0 Å². The molecule has 1 N–H and O–H groups in total. The molecule has 0 atom stereocenters. The van der Waals surface area contributed by atoms with Gasteiger partial charge in [-0.1, -0.05) is 6.07 Å². The molecule has 0 spiro atoms. The standard InChI is InChI=1S/C16H23F3N2O4S/c1-12(2)25-9-5-8-20-15(22)11-21(26(3,23)24)14-7-4-6-13(10-14)16(17,18)19/h4,6-7,10,12H,5,8-9,11H2,1-3H3,(H,20,22). The minimum absolute atomic E-state index is 0.0623. The van der Waals surface area contributed by atoms with Gasteiger partial charge in [0.15, 0.2) is 0 Å². The van der Waals surface area contributed by atoms with Gasteiger partial charge in [0.05, 0.1) is 23.6 Å². The molecule has 0 bridgehead atoms. The van der Waals surface area contributed by atoms with E-state index in [1.54, 1.807) is 0 Å². The normalized spacial score (nSPS) is 12.3. The maximum absolute atomic E-state index is 12.8. The van der Waals surface area contributed by atoms with E-state index in [2.05, 4.69) is 5.32 Å². The van der Waals surface area contributed by atoms with E-state index in [-0.39, 0.29) is 18.3 Å². The van der Waals surface area contributed by atoms with E-state index in [0.29, 0.717) is 23.4 Å². The van der Waals surface area contributed by atoms with Gasteiger partial charge in [0.2, 0.25) is 15.9 Å². The molecule has 10 heteroatoms. The van der Waals surface area contributed by atoms with Gasteiger partial charge in [-0.25, -0.2) is 8.42 Å². The third-order valence-electron chi connectivity index (χ3n) is 3.24. The number of rotatable bonds is 9. The molecule has 0 heterocycles. The summed E-state index contributed by atoms with van der Waals surface area (Å²) in [5.74, 6) is -0.614. The van der Waals surface area contributed by atoms with E-state index < -0.39 is 34.2 Å². The van der Waals surface area contributed by atoms with Crippen LogP contribution in [0.4, 0.5) is 18.9 Å². The van der Waals surface area contributed by atoms with Crippen LogP contribution in [0.15, 0.2) is 24.3 Å². The Morgan fingerprint density at radius 2 is 1.96 bits per heavy atom. The maximum atomic E-state index is 12.8. The number of sulfonamides is 1. The molecule has 1 aromatic rings. The summed E-state index contributed by atoms with van der Waals surface area (Å²) in [5, 5.41) is 2.53. The molecule has 0 unspecified atom stereocenters. The predicted octanol–water partition coefficient (Wildman–Crippen LogP) is 2.40. The molecule has 148 valence electrons. The summed E-state index contributed by atoms with van der Waals surface area (Å²) >= 11 is 0. The van der Waals surface area contributed by atoms with Crippen LogP contribution in [0.3, 0.4) is 0 Å². The number of ether oxygens (including phenoxy) is 1. The smallest absolute Gasteiger partial charge is 0.379 e. The molecule has 0 aliphatic heterocycles. The van der Waals surface area contributed by atoms with Gasteiger partial charge in [-0.15, -0.1) is 0 Å². The lowest BCUT2D eigenvalue weighted by atomic mass is 10.2. The second-order valence-corrected chi connectivity index (χ2v) is 7.85. The van der Waals surface area contributed by atoms with Crippen molar-refractivity contribution < 1.29 is 31.1 Å². The molecule has 0 radical (unpaired) electrons. The van der Waals surface area contributed by atoms with Crippen molar-refractivity contribution in [2.24, 2.45) is 0 Å². The van der Waals surface area contributed by atoms with Crippen molar-refractivity contribution in [3.05, 3.63) is 29.8 Å². The second kappa shape index (κ2) is 9.22. The molecule has 0 aromatic heterocycles. The minimum atomic E-state index is -4.61. The molecule has 0 aliphatic rings. The number of hydrogen-bond donors (Lipinski definition) is 1. The Balaban J connectivity index is 2.79. The molecule has 6 nitrogen and oxygen atoms in total. The predicted molar refractivity (Wildman–Crippen MR) is 92.3 cm³/mol. The number of halogens is 3. The van der Waals surface area contributed by atoms with Gasteiger partial charge in [-0.05, 0) is 38.5 Å². The molecule has 0 saturated carbocycles. The summed E-state index contributed by atoms with van der Waals surface area (Å²) < 4.78 is 68.3. The number of anilines is 1. The molecule has 26 heavy (non-hydrogen) atoms. The van der Waals surface area contributed by atoms with E-state index in [4.69, 9.17) is 4.74 Å². The van der Waals surface area contributed by atoms with Crippen LogP contribution in [-0.2, 0) is 25.7 Å². The molecule has 0 saturated heterocycles. The Morgan fingerprint density at radius 1 is 1.31 bits per heavy atom. The molecule has 1 aromatic carbocycles. The molecule has 0 fully saturated rings. The first-order chi connectivity index (χ1) is 11.9. The van der Waals surface area contributed by atoms with E-state index in [9.17, 15) is 26.4 Å². The zero-order chi connectivity index (χ0) is 20.0. The largest absolute Gasteiger partial charge is 0.416 e. The van der Waals surface area contributed by atoms with Gasteiger partial charge < -0.3 is 10.1 Å². The van der Waals surface area contributed by atoms with Gasteiger partial charge in [0.1, 0.15) is 6.54 Å². The fraction of sp³-hybridized carbons (Fsp3) is 0.562. The van der Waals surface area contributed by atoms with Crippen LogP contribution in [0.25, 0.3) is 0 Å². The third-order valence-corrected chi connectivity index (χ3v) is 4.38. The van der Waals surface area contributed by atoms with Crippen LogP contribution in [0.2, 0.25) is 0 Å². The van der Waals surface area contributed by atoms with Crippen LogP contribution in [0.1, 0.15) is 25.8 Å². The summed E-state index contributed by atoms with van der Waals surface area (Å²) in [6.07, 6.45) is -3.19. The molecule has 1 amide bonds. The molecular formula is C16H23F3N2O4S. The minimum Gasteiger partial charge on any atom is -0.379 e. The Hall–Kier alpha value is -1.81. The first-order valence-corrected chi connectivity index (χ1v) is 9.79. The zero-order valence-corrected chi connectivity index (χ0v) is 15.7. The monoisotopic (exact) mass is 396 g/mol. The average molecular weight is 396 g/mol. The van der Waals surface area contributed by atoms with Crippen LogP contribution in [-0.4, -0.2) is 46.4 Å². The van der Waals surface area contributed by atoms with Crippen molar-refractivity contribution in [1.29, 1.82) is 0 Å². The van der Waals surface area contributed by atoms with Crippen LogP contribution < -0.4 is 9.62 Å². The second-order valence-electron chi connectivity index (χ2n) is 5.94. The molecule has 0 aliphatic carbocycles. The first kappa shape index (κ1) is 22.2. The SMILES string of the molecule is CC(C)OCCCNC(=O)CN(c1cccc(C(F)(F)F)c1)S(C)(=O)=O.